The summed E-state index contributed by atoms with van der Waals surface area (Å²) in [7, 11) is 1.65. The van der Waals surface area contributed by atoms with E-state index in [0.717, 1.165) is 42.8 Å². The minimum Gasteiger partial charge on any atom is -0.496 e. The maximum Gasteiger partial charge on any atom is 0.253 e. The van der Waals surface area contributed by atoms with Crippen LogP contribution in [-0.2, 0) is 11.2 Å². The lowest BCUT2D eigenvalue weighted by Crippen LogP contribution is -2.35. The van der Waals surface area contributed by atoms with Gasteiger partial charge in [0.2, 0.25) is 5.91 Å². The highest BCUT2D eigenvalue weighted by Crippen LogP contribution is 2.20. The first-order chi connectivity index (χ1) is 13.6. The second kappa shape index (κ2) is 9.40. The van der Waals surface area contributed by atoms with Crippen molar-refractivity contribution >= 4 is 17.5 Å². The van der Waals surface area contributed by atoms with Crippen molar-refractivity contribution in [2.45, 2.75) is 39.0 Å². The van der Waals surface area contributed by atoms with Crippen LogP contribution >= 0.6 is 0 Å². The number of aryl methyl sites for hydroxylation is 2. The Morgan fingerprint density at radius 2 is 1.75 bits per heavy atom. The van der Waals surface area contributed by atoms with Crippen LogP contribution in [0.25, 0.3) is 0 Å². The number of ether oxygens (including phenoxy) is 1. The van der Waals surface area contributed by atoms with E-state index >= 15 is 0 Å². The number of anilines is 1. The molecule has 1 saturated heterocycles. The lowest BCUT2D eigenvalue weighted by atomic mass is 10.1. The molecule has 0 bridgehead atoms. The third-order valence-electron chi connectivity index (χ3n) is 5.16. The molecule has 2 amide bonds. The number of nitrogens with zero attached hydrogens (tertiary/aromatic N) is 1. The maximum atomic E-state index is 12.5. The molecule has 148 valence electrons. The van der Waals surface area contributed by atoms with Gasteiger partial charge in [-0.1, -0.05) is 12.1 Å². The zero-order valence-corrected chi connectivity index (χ0v) is 16.7. The van der Waals surface area contributed by atoms with Crippen molar-refractivity contribution in [2.24, 2.45) is 0 Å². The molecule has 1 N–H and O–H groups in total. The van der Waals surface area contributed by atoms with Crippen molar-refractivity contribution in [3.05, 3.63) is 59.2 Å². The molecule has 1 fully saturated rings. The number of likely N-dealkylation sites (tertiary alicyclic amines) is 1. The minimum atomic E-state index is -0.0384. The van der Waals surface area contributed by atoms with Crippen molar-refractivity contribution in [2.75, 3.05) is 25.5 Å². The Balaban J connectivity index is 1.51. The number of rotatable bonds is 6. The maximum absolute atomic E-state index is 12.5. The monoisotopic (exact) mass is 380 g/mol. The molecule has 1 aliphatic rings. The quantitative estimate of drug-likeness (QED) is 0.817. The SMILES string of the molecule is COc1ccc(CCC(=O)Nc2ccc(C(=O)N3CCCCC3)cc2)cc1C. The third-order valence-corrected chi connectivity index (χ3v) is 5.16. The second-order valence-electron chi connectivity index (χ2n) is 7.28. The van der Waals surface area contributed by atoms with Gasteiger partial charge >= 0.3 is 0 Å². The van der Waals surface area contributed by atoms with E-state index < -0.39 is 0 Å². The number of hydrogen-bond acceptors (Lipinski definition) is 3. The fourth-order valence-corrected chi connectivity index (χ4v) is 3.55. The van der Waals surface area contributed by atoms with Gasteiger partial charge in [0.25, 0.3) is 5.91 Å². The van der Waals surface area contributed by atoms with Gasteiger partial charge in [0.15, 0.2) is 0 Å². The Morgan fingerprint density at radius 3 is 2.39 bits per heavy atom. The fraction of sp³-hybridized carbons (Fsp3) is 0.391. The van der Waals surface area contributed by atoms with Crippen LogP contribution in [0.5, 0.6) is 5.75 Å². The summed E-state index contributed by atoms with van der Waals surface area (Å²) in [6, 6.07) is 13.1. The summed E-state index contributed by atoms with van der Waals surface area (Å²) in [6.07, 6.45) is 4.43. The number of carbonyl (C=O) groups is 2. The number of amides is 2. The first-order valence-electron chi connectivity index (χ1n) is 9.89. The van der Waals surface area contributed by atoms with Crippen LogP contribution in [0.1, 0.15) is 47.2 Å². The normalized spacial score (nSPS) is 13.9. The first kappa shape index (κ1) is 19.9. The van der Waals surface area contributed by atoms with Crippen LogP contribution in [0, 0.1) is 6.92 Å². The van der Waals surface area contributed by atoms with Crippen LogP contribution in [0.3, 0.4) is 0 Å². The Bertz CT molecular complexity index is 824. The van der Waals surface area contributed by atoms with Gasteiger partial charge in [0.1, 0.15) is 5.75 Å². The molecular formula is C23H28N2O3. The summed E-state index contributed by atoms with van der Waals surface area (Å²) in [5.41, 5.74) is 3.56. The molecule has 3 rings (SSSR count). The second-order valence-corrected chi connectivity index (χ2v) is 7.28. The Morgan fingerprint density at radius 1 is 1.04 bits per heavy atom. The van der Waals surface area contributed by atoms with Gasteiger partial charge in [-0.15, -0.1) is 0 Å². The van der Waals surface area contributed by atoms with Gasteiger partial charge in [0.05, 0.1) is 7.11 Å². The molecule has 2 aromatic carbocycles. The van der Waals surface area contributed by atoms with Gasteiger partial charge in [0, 0.05) is 30.8 Å². The van der Waals surface area contributed by atoms with Crippen molar-refractivity contribution in [3.8, 4) is 5.75 Å². The first-order valence-corrected chi connectivity index (χ1v) is 9.89. The Hall–Kier alpha value is -2.82. The zero-order chi connectivity index (χ0) is 19.9. The van der Waals surface area contributed by atoms with Crippen molar-refractivity contribution in [1.82, 2.24) is 4.90 Å². The molecule has 5 nitrogen and oxygen atoms in total. The topological polar surface area (TPSA) is 58.6 Å². The summed E-state index contributed by atoms with van der Waals surface area (Å²) < 4.78 is 5.26. The summed E-state index contributed by atoms with van der Waals surface area (Å²) in [4.78, 5) is 26.7. The lowest BCUT2D eigenvalue weighted by Gasteiger charge is -2.26. The van der Waals surface area contributed by atoms with Gasteiger partial charge in [-0.2, -0.15) is 0 Å². The molecule has 5 heteroatoms. The van der Waals surface area contributed by atoms with E-state index in [-0.39, 0.29) is 11.8 Å². The fourth-order valence-electron chi connectivity index (χ4n) is 3.55. The van der Waals surface area contributed by atoms with Gasteiger partial charge in [-0.25, -0.2) is 0 Å². The summed E-state index contributed by atoms with van der Waals surface area (Å²) in [5, 5.41) is 2.91. The van der Waals surface area contributed by atoms with Crippen LogP contribution in [0.4, 0.5) is 5.69 Å². The largest absolute Gasteiger partial charge is 0.496 e. The van der Waals surface area contributed by atoms with Crippen molar-refractivity contribution in [3.63, 3.8) is 0 Å². The molecule has 0 aromatic heterocycles. The van der Waals surface area contributed by atoms with E-state index in [9.17, 15) is 9.59 Å². The molecule has 1 aliphatic heterocycles. The molecule has 1 heterocycles. The average molecular weight is 380 g/mol. The number of methoxy groups -OCH3 is 1. The zero-order valence-electron chi connectivity index (χ0n) is 16.7. The highest BCUT2D eigenvalue weighted by Gasteiger charge is 2.18. The standard InChI is InChI=1S/C23H28N2O3/c1-17-16-18(6-12-21(17)28-2)7-13-22(26)24-20-10-8-19(9-11-20)23(27)25-14-4-3-5-15-25/h6,8-12,16H,3-5,7,13-15H2,1-2H3,(H,24,26). The number of carbonyl (C=O) groups excluding carboxylic acids is 2. The van der Waals surface area contributed by atoms with Crippen LogP contribution in [-0.4, -0.2) is 36.9 Å². The van der Waals surface area contributed by atoms with E-state index in [0.29, 0.717) is 24.1 Å². The number of piperidine rings is 1. The molecule has 0 spiro atoms. The smallest absolute Gasteiger partial charge is 0.253 e. The third kappa shape index (κ3) is 5.12. The predicted molar refractivity (Wildman–Crippen MR) is 111 cm³/mol. The van der Waals surface area contributed by atoms with Crippen LogP contribution < -0.4 is 10.1 Å². The summed E-state index contributed by atoms with van der Waals surface area (Å²) >= 11 is 0. The summed E-state index contributed by atoms with van der Waals surface area (Å²) in [5.74, 6) is 0.892. The van der Waals surface area contributed by atoms with Gasteiger partial charge in [-0.05, 0) is 74.1 Å². The van der Waals surface area contributed by atoms with Crippen LogP contribution in [0.15, 0.2) is 42.5 Å². The summed E-state index contributed by atoms with van der Waals surface area (Å²) in [6.45, 7) is 3.67. The molecule has 0 unspecified atom stereocenters. The van der Waals surface area contributed by atoms with Gasteiger partial charge in [-0.3, -0.25) is 9.59 Å². The lowest BCUT2D eigenvalue weighted by molar-refractivity contribution is -0.116. The van der Waals surface area contributed by atoms with E-state index in [2.05, 4.69) is 5.32 Å². The Kier molecular flexibility index (Phi) is 6.69. The van der Waals surface area contributed by atoms with Crippen molar-refractivity contribution < 1.29 is 14.3 Å². The highest BCUT2D eigenvalue weighted by molar-refractivity contribution is 5.95. The molecule has 0 radical (unpaired) electrons. The minimum absolute atomic E-state index is 0.0384. The molecule has 0 aliphatic carbocycles. The van der Waals surface area contributed by atoms with Gasteiger partial charge < -0.3 is 15.0 Å². The molecule has 28 heavy (non-hydrogen) atoms. The molecule has 2 aromatic rings. The van der Waals surface area contributed by atoms with E-state index in [1.54, 1.807) is 31.4 Å². The number of nitrogens with one attached hydrogen (secondary N) is 1. The highest BCUT2D eigenvalue weighted by atomic mass is 16.5. The van der Waals surface area contributed by atoms with E-state index in [4.69, 9.17) is 4.74 Å². The number of benzene rings is 2. The van der Waals surface area contributed by atoms with E-state index in [1.165, 1.54) is 6.42 Å². The predicted octanol–water partition coefficient (Wildman–Crippen LogP) is 4.20. The Labute approximate surface area is 166 Å². The molecule has 0 saturated carbocycles. The van der Waals surface area contributed by atoms with Crippen LogP contribution in [0.2, 0.25) is 0 Å². The average Bonchev–Trinajstić information content (AvgIpc) is 2.73. The number of hydrogen-bond donors (Lipinski definition) is 1. The molecular weight excluding hydrogens is 352 g/mol. The van der Waals surface area contributed by atoms with Crippen molar-refractivity contribution in [1.29, 1.82) is 0 Å². The molecule has 0 atom stereocenters. The van der Waals surface area contributed by atoms with E-state index in [1.807, 2.05) is 30.0 Å².